The molecular weight excluding hydrogens is 449 g/mol. The fraction of sp³-hybridized carbons (Fsp3) is 0.471. The summed E-state index contributed by atoms with van der Waals surface area (Å²) < 4.78 is 15.7. The Balaban J connectivity index is 0.00000338. The predicted molar refractivity (Wildman–Crippen MR) is 111 cm³/mol. The van der Waals surface area contributed by atoms with Gasteiger partial charge in [-0.1, -0.05) is 11.2 Å². The van der Waals surface area contributed by atoms with Crippen molar-refractivity contribution >= 4 is 35.6 Å². The number of halogens is 1. The number of aliphatic imine (C=N–C) groups is 1. The number of guanidine groups is 1. The van der Waals surface area contributed by atoms with Crippen LogP contribution in [0.4, 0.5) is 5.69 Å². The summed E-state index contributed by atoms with van der Waals surface area (Å²) in [4.78, 5) is 8.60. The largest absolute Gasteiger partial charge is 0.493 e. The Morgan fingerprint density at radius 2 is 2.15 bits per heavy atom. The molecule has 0 unspecified atom stereocenters. The SMILES string of the molecule is CCNC(=NCc1noc(C)n1)Nc1cccc(OCCCOC)c1.I. The Morgan fingerprint density at radius 1 is 1.31 bits per heavy atom. The fourth-order valence-corrected chi connectivity index (χ4v) is 2.06. The summed E-state index contributed by atoms with van der Waals surface area (Å²) in [5, 5.41) is 10.3. The monoisotopic (exact) mass is 475 g/mol. The highest BCUT2D eigenvalue weighted by atomic mass is 127. The van der Waals surface area contributed by atoms with Crippen molar-refractivity contribution in [1.29, 1.82) is 0 Å². The lowest BCUT2D eigenvalue weighted by atomic mass is 10.3. The van der Waals surface area contributed by atoms with Gasteiger partial charge in [0.15, 0.2) is 11.8 Å². The van der Waals surface area contributed by atoms with Crippen LogP contribution in [-0.4, -0.2) is 43.0 Å². The molecule has 2 aromatic rings. The molecule has 0 spiro atoms. The smallest absolute Gasteiger partial charge is 0.223 e. The average Bonchev–Trinajstić information content (AvgIpc) is 3.03. The second-order valence-corrected chi connectivity index (χ2v) is 5.27. The first-order valence-corrected chi connectivity index (χ1v) is 8.27. The summed E-state index contributed by atoms with van der Waals surface area (Å²) >= 11 is 0. The maximum absolute atomic E-state index is 5.71. The first kappa shape index (κ1) is 22.2. The Morgan fingerprint density at radius 3 is 2.85 bits per heavy atom. The molecular formula is C17H26IN5O3. The summed E-state index contributed by atoms with van der Waals surface area (Å²) in [6.45, 7) is 6.13. The Bertz CT molecular complexity index is 678. The summed E-state index contributed by atoms with van der Waals surface area (Å²) in [7, 11) is 1.68. The molecule has 2 rings (SSSR count). The molecule has 1 aromatic heterocycles. The average molecular weight is 475 g/mol. The van der Waals surface area contributed by atoms with Gasteiger partial charge in [-0.2, -0.15) is 4.98 Å². The zero-order valence-corrected chi connectivity index (χ0v) is 17.6. The minimum atomic E-state index is 0. The Hall–Kier alpha value is -1.88. The van der Waals surface area contributed by atoms with E-state index in [0.29, 0.717) is 37.4 Å². The molecule has 1 heterocycles. The van der Waals surface area contributed by atoms with E-state index in [1.54, 1.807) is 14.0 Å². The van der Waals surface area contributed by atoms with Gasteiger partial charge in [0.2, 0.25) is 5.89 Å². The number of aryl methyl sites for hydroxylation is 1. The number of nitrogens with zero attached hydrogens (tertiary/aromatic N) is 3. The highest BCUT2D eigenvalue weighted by molar-refractivity contribution is 14.0. The van der Waals surface area contributed by atoms with E-state index < -0.39 is 0 Å². The molecule has 2 N–H and O–H groups in total. The summed E-state index contributed by atoms with van der Waals surface area (Å²) in [5.74, 6) is 2.51. The van der Waals surface area contributed by atoms with Crippen LogP contribution in [0.5, 0.6) is 5.75 Å². The molecule has 1 aromatic carbocycles. The standard InChI is InChI=1S/C17H25N5O3.HI/c1-4-18-17(19-12-16-20-13(2)25-22-16)21-14-7-5-8-15(11-14)24-10-6-9-23-3;/h5,7-8,11H,4,6,9-10,12H2,1-3H3,(H2,18,19,21);1H. The van der Waals surface area contributed by atoms with Gasteiger partial charge < -0.3 is 24.6 Å². The molecule has 8 nitrogen and oxygen atoms in total. The molecule has 0 amide bonds. The van der Waals surface area contributed by atoms with E-state index in [0.717, 1.165) is 24.4 Å². The van der Waals surface area contributed by atoms with Crippen molar-refractivity contribution in [3.05, 3.63) is 36.0 Å². The number of anilines is 1. The molecule has 26 heavy (non-hydrogen) atoms. The highest BCUT2D eigenvalue weighted by Gasteiger charge is 2.04. The molecule has 0 aliphatic carbocycles. The minimum Gasteiger partial charge on any atom is -0.493 e. The molecule has 0 radical (unpaired) electrons. The number of methoxy groups -OCH3 is 1. The zero-order valence-electron chi connectivity index (χ0n) is 15.3. The van der Waals surface area contributed by atoms with Crippen molar-refractivity contribution in [3.63, 3.8) is 0 Å². The quantitative estimate of drug-likeness (QED) is 0.249. The molecule has 0 bridgehead atoms. The lowest BCUT2D eigenvalue weighted by Crippen LogP contribution is -2.30. The van der Waals surface area contributed by atoms with Crippen LogP contribution < -0.4 is 15.4 Å². The minimum absolute atomic E-state index is 0. The molecule has 9 heteroatoms. The molecule has 0 atom stereocenters. The molecule has 144 valence electrons. The van der Waals surface area contributed by atoms with E-state index >= 15 is 0 Å². The Kier molecular flexibility index (Phi) is 10.6. The lowest BCUT2D eigenvalue weighted by Gasteiger charge is -2.12. The van der Waals surface area contributed by atoms with Gasteiger partial charge >= 0.3 is 0 Å². The highest BCUT2D eigenvalue weighted by Crippen LogP contribution is 2.17. The molecule has 0 aliphatic rings. The van der Waals surface area contributed by atoms with Gasteiger partial charge in [-0.15, -0.1) is 24.0 Å². The van der Waals surface area contributed by atoms with Crippen molar-refractivity contribution in [2.75, 3.05) is 32.2 Å². The third kappa shape index (κ3) is 8.00. The van der Waals surface area contributed by atoms with Gasteiger partial charge in [0.05, 0.1) is 6.61 Å². The third-order valence-electron chi connectivity index (χ3n) is 3.15. The van der Waals surface area contributed by atoms with Crippen molar-refractivity contribution in [3.8, 4) is 5.75 Å². The van der Waals surface area contributed by atoms with E-state index in [4.69, 9.17) is 14.0 Å². The number of nitrogens with one attached hydrogen (secondary N) is 2. The number of hydrogen-bond acceptors (Lipinski definition) is 6. The van der Waals surface area contributed by atoms with Crippen molar-refractivity contribution < 1.29 is 14.0 Å². The van der Waals surface area contributed by atoms with Gasteiger partial charge in [-0.25, -0.2) is 4.99 Å². The van der Waals surface area contributed by atoms with Gasteiger partial charge in [-0.05, 0) is 19.1 Å². The van der Waals surface area contributed by atoms with Crippen molar-refractivity contribution in [2.45, 2.75) is 26.8 Å². The van der Waals surface area contributed by atoms with Crippen LogP contribution in [-0.2, 0) is 11.3 Å². The summed E-state index contributed by atoms with van der Waals surface area (Å²) in [6.07, 6.45) is 0.850. The van der Waals surface area contributed by atoms with E-state index in [2.05, 4.69) is 25.8 Å². The van der Waals surface area contributed by atoms with Crippen LogP contribution >= 0.6 is 24.0 Å². The number of benzene rings is 1. The number of rotatable bonds is 9. The van der Waals surface area contributed by atoms with Crippen molar-refractivity contribution in [2.24, 2.45) is 4.99 Å². The van der Waals surface area contributed by atoms with E-state index in [1.165, 1.54) is 0 Å². The van der Waals surface area contributed by atoms with Crippen LogP contribution in [0.1, 0.15) is 25.1 Å². The first-order valence-electron chi connectivity index (χ1n) is 8.27. The second kappa shape index (κ2) is 12.5. The maximum atomic E-state index is 5.71. The topological polar surface area (TPSA) is 93.8 Å². The summed E-state index contributed by atoms with van der Waals surface area (Å²) in [5.41, 5.74) is 0.883. The number of aromatic nitrogens is 2. The molecule has 0 saturated heterocycles. The van der Waals surface area contributed by atoms with Crippen LogP contribution in [0.25, 0.3) is 0 Å². The van der Waals surface area contributed by atoms with Crippen LogP contribution in [0.15, 0.2) is 33.8 Å². The molecule has 0 aliphatic heterocycles. The third-order valence-corrected chi connectivity index (χ3v) is 3.15. The number of ether oxygens (including phenoxy) is 2. The molecule has 0 fully saturated rings. The van der Waals surface area contributed by atoms with E-state index in [9.17, 15) is 0 Å². The van der Waals surface area contributed by atoms with Crippen LogP contribution in [0.3, 0.4) is 0 Å². The van der Waals surface area contributed by atoms with Gasteiger partial charge in [-0.3, -0.25) is 0 Å². The van der Waals surface area contributed by atoms with Crippen LogP contribution in [0, 0.1) is 6.92 Å². The summed E-state index contributed by atoms with van der Waals surface area (Å²) in [6, 6.07) is 7.73. The van der Waals surface area contributed by atoms with Crippen LogP contribution in [0.2, 0.25) is 0 Å². The maximum Gasteiger partial charge on any atom is 0.223 e. The normalized spacial score (nSPS) is 11.0. The number of hydrogen-bond donors (Lipinski definition) is 2. The van der Waals surface area contributed by atoms with Gasteiger partial charge in [0.25, 0.3) is 0 Å². The Labute approximate surface area is 170 Å². The zero-order chi connectivity index (χ0) is 17.9. The van der Waals surface area contributed by atoms with Gasteiger partial charge in [0.1, 0.15) is 12.3 Å². The van der Waals surface area contributed by atoms with E-state index in [-0.39, 0.29) is 24.0 Å². The fourth-order valence-electron chi connectivity index (χ4n) is 2.06. The first-order chi connectivity index (χ1) is 12.2. The van der Waals surface area contributed by atoms with Crippen molar-refractivity contribution in [1.82, 2.24) is 15.5 Å². The lowest BCUT2D eigenvalue weighted by molar-refractivity contribution is 0.172. The van der Waals surface area contributed by atoms with Gasteiger partial charge in [0, 0.05) is 45.4 Å². The molecule has 0 saturated carbocycles. The predicted octanol–water partition coefficient (Wildman–Crippen LogP) is 2.99. The second-order valence-electron chi connectivity index (χ2n) is 5.27. The van der Waals surface area contributed by atoms with E-state index in [1.807, 2.05) is 31.2 Å².